The molecule has 0 aliphatic carbocycles. The Kier molecular flexibility index (Phi) is 4.17. The van der Waals surface area contributed by atoms with E-state index in [1.165, 1.54) is 6.20 Å². The van der Waals surface area contributed by atoms with Crippen molar-refractivity contribution in [3.8, 4) is 0 Å². The lowest BCUT2D eigenvalue weighted by atomic mass is 10.1. The Hall–Kier alpha value is -2.21. The molecule has 6 nitrogen and oxygen atoms in total. The number of carbonyl (C=O) groups is 1. The summed E-state index contributed by atoms with van der Waals surface area (Å²) in [7, 11) is 4.10. The summed E-state index contributed by atoms with van der Waals surface area (Å²) in [5, 5.41) is 4.73. The van der Waals surface area contributed by atoms with Crippen LogP contribution in [0.3, 0.4) is 0 Å². The van der Waals surface area contributed by atoms with E-state index in [1.807, 2.05) is 37.2 Å². The van der Waals surface area contributed by atoms with E-state index in [1.54, 1.807) is 10.7 Å². The molecule has 0 saturated carbocycles. The van der Waals surface area contributed by atoms with Gasteiger partial charge in [0.05, 0.1) is 11.7 Å². The number of benzene rings is 1. The average Bonchev–Trinajstić information content (AvgIpc) is 2.92. The highest BCUT2D eigenvalue weighted by Crippen LogP contribution is 2.20. The Morgan fingerprint density at radius 3 is 2.74 bits per heavy atom. The van der Waals surface area contributed by atoms with Crippen LogP contribution in [-0.2, 0) is 11.3 Å². The summed E-state index contributed by atoms with van der Waals surface area (Å²) in [6.07, 6.45) is 1.28. The predicted molar refractivity (Wildman–Crippen MR) is 89.2 cm³/mol. The van der Waals surface area contributed by atoms with Gasteiger partial charge in [0.1, 0.15) is 6.54 Å². The highest BCUT2D eigenvalue weighted by molar-refractivity contribution is 5.81. The van der Waals surface area contributed by atoms with E-state index < -0.39 is 0 Å². The van der Waals surface area contributed by atoms with Crippen molar-refractivity contribution in [3.05, 3.63) is 40.7 Å². The standard InChI is InChI=1S/C17H22N4O2/c1-12-9-20(10-15(12)19(2)3)17(23)11-21-14-7-5-4-6-13(14)16(22)8-18-21/h4-8,12,15H,9-11H2,1-3H3/t12-,15+/m1/s1. The molecule has 122 valence electrons. The van der Waals surface area contributed by atoms with Gasteiger partial charge in [-0.3, -0.25) is 14.3 Å². The van der Waals surface area contributed by atoms with Crippen LogP contribution in [0.2, 0.25) is 0 Å². The molecule has 1 aliphatic heterocycles. The maximum absolute atomic E-state index is 12.6. The van der Waals surface area contributed by atoms with Gasteiger partial charge in [0.2, 0.25) is 11.3 Å². The van der Waals surface area contributed by atoms with Crippen molar-refractivity contribution >= 4 is 16.8 Å². The van der Waals surface area contributed by atoms with E-state index in [2.05, 4.69) is 16.9 Å². The molecule has 0 bridgehead atoms. The number of likely N-dealkylation sites (tertiary alicyclic amines) is 1. The van der Waals surface area contributed by atoms with Gasteiger partial charge in [0.15, 0.2) is 0 Å². The Labute approximate surface area is 135 Å². The lowest BCUT2D eigenvalue weighted by molar-refractivity contribution is -0.131. The highest BCUT2D eigenvalue weighted by atomic mass is 16.2. The molecule has 0 unspecified atom stereocenters. The normalized spacial score (nSPS) is 21.3. The summed E-state index contributed by atoms with van der Waals surface area (Å²) in [5.41, 5.74) is 0.580. The van der Waals surface area contributed by atoms with Crippen molar-refractivity contribution in [2.24, 2.45) is 5.92 Å². The van der Waals surface area contributed by atoms with Crippen molar-refractivity contribution in [2.75, 3.05) is 27.2 Å². The van der Waals surface area contributed by atoms with Crippen molar-refractivity contribution in [1.82, 2.24) is 19.6 Å². The average molecular weight is 314 g/mol. The number of carbonyl (C=O) groups excluding carboxylic acids is 1. The Balaban J connectivity index is 1.82. The molecule has 1 saturated heterocycles. The van der Waals surface area contributed by atoms with Crippen LogP contribution in [0.5, 0.6) is 0 Å². The van der Waals surface area contributed by atoms with Gasteiger partial charge in [-0.05, 0) is 32.1 Å². The molecular weight excluding hydrogens is 292 g/mol. The van der Waals surface area contributed by atoms with Crippen LogP contribution in [0.4, 0.5) is 0 Å². The fourth-order valence-corrected chi connectivity index (χ4v) is 3.34. The highest BCUT2D eigenvalue weighted by Gasteiger charge is 2.33. The van der Waals surface area contributed by atoms with E-state index in [0.29, 0.717) is 22.9 Å². The van der Waals surface area contributed by atoms with Crippen LogP contribution in [0.1, 0.15) is 6.92 Å². The van der Waals surface area contributed by atoms with Gasteiger partial charge in [-0.25, -0.2) is 0 Å². The quantitative estimate of drug-likeness (QED) is 0.841. The zero-order valence-electron chi connectivity index (χ0n) is 13.8. The maximum atomic E-state index is 12.6. The maximum Gasteiger partial charge on any atom is 0.244 e. The number of nitrogens with zero attached hydrogens (tertiary/aromatic N) is 4. The van der Waals surface area contributed by atoms with E-state index in [4.69, 9.17) is 0 Å². The molecule has 1 fully saturated rings. The van der Waals surface area contributed by atoms with E-state index in [-0.39, 0.29) is 17.9 Å². The minimum Gasteiger partial charge on any atom is -0.339 e. The monoisotopic (exact) mass is 314 g/mol. The van der Waals surface area contributed by atoms with E-state index in [0.717, 1.165) is 13.1 Å². The molecule has 0 radical (unpaired) electrons. The number of para-hydroxylation sites is 1. The number of likely N-dealkylation sites (N-methyl/N-ethyl adjacent to an activating group) is 1. The molecule has 3 rings (SSSR count). The van der Waals surface area contributed by atoms with Gasteiger partial charge in [0.25, 0.3) is 0 Å². The minimum atomic E-state index is -0.119. The summed E-state index contributed by atoms with van der Waals surface area (Å²) in [4.78, 5) is 28.5. The number of fused-ring (bicyclic) bond motifs is 1. The molecule has 0 N–H and O–H groups in total. The molecule has 1 aliphatic rings. The number of aromatic nitrogens is 2. The van der Waals surface area contributed by atoms with Gasteiger partial charge < -0.3 is 9.80 Å². The largest absolute Gasteiger partial charge is 0.339 e. The molecular formula is C17H22N4O2. The summed E-state index contributed by atoms with van der Waals surface area (Å²) in [5.74, 6) is 0.496. The first-order valence-corrected chi connectivity index (χ1v) is 7.86. The van der Waals surface area contributed by atoms with Crippen LogP contribution >= 0.6 is 0 Å². The first-order valence-electron chi connectivity index (χ1n) is 7.86. The first-order chi connectivity index (χ1) is 11.0. The Bertz CT molecular complexity index is 784. The number of rotatable bonds is 3. The van der Waals surface area contributed by atoms with E-state index in [9.17, 15) is 9.59 Å². The smallest absolute Gasteiger partial charge is 0.244 e. The summed E-state index contributed by atoms with van der Waals surface area (Å²) >= 11 is 0. The van der Waals surface area contributed by atoms with Gasteiger partial charge in [-0.2, -0.15) is 5.10 Å². The lowest BCUT2D eigenvalue weighted by Gasteiger charge is -2.22. The molecule has 2 atom stereocenters. The van der Waals surface area contributed by atoms with Crippen LogP contribution in [0, 0.1) is 5.92 Å². The van der Waals surface area contributed by atoms with Crippen molar-refractivity contribution in [1.29, 1.82) is 0 Å². The van der Waals surface area contributed by atoms with Gasteiger partial charge in [0, 0.05) is 24.5 Å². The number of hydrogen-bond acceptors (Lipinski definition) is 4. The molecule has 1 aromatic heterocycles. The Morgan fingerprint density at radius 2 is 2.04 bits per heavy atom. The first kappa shape index (κ1) is 15.7. The third kappa shape index (κ3) is 2.99. The molecule has 1 amide bonds. The molecule has 2 aromatic rings. The zero-order chi connectivity index (χ0) is 16.6. The Morgan fingerprint density at radius 1 is 1.30 bits per heavy atom. The molecule has 2 heterocycles. The van der Waals surface area contributed by atoms with Crippen LogP contribution in [0.25, 0.3) is 10.9 Å². The second kappa shape index (κ2) is 6.12. The molecule has 6 heteroatoms. The summed E-state index contributed by atoms with van der Waals surface area (Å²) < 4.78 is 1.62. The molecule has 23 heavy (non-hydrogen) atoms. The second-order valence-corrected chi connectivity index (χ2v) is 6.49. The molecule has 0 spiro atoms. The van der Waals surface area contributed by atoms with Crippen LogP contribution < -0.4 is 5.43 Å². The lowest BCUT2D eigenvalue weighted by Crippen LogP contribution is -2.37. The minimum absolute atomic E-state index is 0.0440. The van der Waals surface area contributed by atoms with Crippen molar-refractivity contribution in [2.45, 2.75) is 19.5 Å². The summed E-state index contributed by atoms with van der Waals surface area (Å²) in [6.45, 7) is 3.84. The van der Waals surface area contributed by atoms with Crippen LogP contribution in [0.15, 0.2) is 35.3 Å². The van der Waals surface area contributed by atoms with Crippen LogP contribution in [-0.4, -0.2) is 58.7 Å². The summed E-state index contributed by atoms with van der Waals surface area (Å²) in [6, 6.07) is 7.65. The topological polar surface area (TPSA) is 58.4 Å². The van der Waals surface area contributed by atoms with Crippen molar-refractivity contribution in [3.63, 3.8) is 0 Å². The predicted octanol–water partition coefficient (Wildman–Crippen LogP) is 0.805. The fourth-order valence-electron chi connectivity index (χ4n) is 3.34. The fraction of sp³-hybridized carbons (Fsp3) is 0.471. The molecule has 1 aromatic carbocycles. The van der Waals surface area contributed by atoms with Crippen molar-refractivity contribution < 1.29 is 4.79 Å². The third-order valence-electron chi connectivity index (χ3n) is 4.64. The van der Waals surface area contributed by atoms with Gasteiger partial charge >= 0.3 is 0 Å². The van der Waals surface area contributed by atoms with Gasteiger partial charge in [-0.15, -0.1) is 0 Å². The zero-order valence-corrected chi connectivity index (χ0v) is 13.8. The van der Waals surface area contributed by atoms with Gasteiger partial charge in [-0.1, -0.05) is 19.1 Å². The SMILES string of the molecule is C[C@@H]1CN(C(=O)Cn2ncc(=O)c3ccccc32)C[C@@H]1N(C)C. The number of hydrogen-bond donors (Lipinski definition) is 0. The number of amides is 1. The third-order valence-corrected chi connectivity index (χ3v) is 4.64. The van der Waals surface area contributed by atoms with E-state index >= 15 is 0 Å². The second-order valence-electron chi connectivity index (χ2n) is 6.49.